The van der Waals surface area contributed by atoms with E-state index in [1.54, 1.807) is 0 Å². The summed E-state index contributed by atoms with van der Waals surface area (Å²) in [6.45, 7) is 5.60. The summed E-state index contributed by atoms with van der Waals surface area (Å²) in [6, 6.07) is 16.1. The van der Waals surface area contributed by atoms with Gasteiger partial charge in [-0.1, -0.05) is 35.9 Å². The fourth-order valence-corrected chi connectivity index (χ4v) is 4.77. The summed E-state index contributed by atoms with van der Waals surface area (Å²) in [5.74, 6) is 1.01. The molecular formula is C27H42N6OS. The second-order valence-electron chi connectivity index (χ2n) is 9.00. The zero-order valence-corrected chi connectivity index (χ0v) is 21.8. The Labute approximate surface area is 214 Å². The first-order valence-electron chi connectivity index (χ1n) is 12.5. The van der Waals surface area contributed by atoms with Gasteiger partial charge in [0.05, 0.1) is 6.54 Å². The third kappa shape index (κ3) is 11.3. The normalized spacial score (nSPS) is 13.7. The lowest BCUT2D eigenvalue weighted by Crippen LogP contribution is -2.42. The summed E-state index contributed by atoms with van der Waals surface area (Å²) >= 11 is 1.54. The van der Waals surface area contributed by atoms with Gasteiger partial charge in [0.15, 0.2) is 0 Å². The van der Waals surface area contributed by atoms with Gasteiger partial charge in [-0.05, 0) is 100 Å². The van der Waals surface area contributed by atoms with Crippen LogP contribution < -0.4 is 21.9 Å². The van der Waals surface area contributed by atoms with Crippen molar-refractivity contribution in [3.05, 3.63) is 65.2 Å². The Morgan fingerprint density at radius 3 is 2.46 bits per heavy atom. The molecule has 1 aliphatic rings. The monoisotopic (exact) mass is 498 g/mol. The zero-order chi connectivity index (χ0) is 25.5. The molecule has 1 heterocycles. The predicted octanol–water partition coefficient (Wildman–Crippen LogP) is 3.43. The van der Waals surface area contributed by atoms with E-state index in [9.17, 15) is 4.79 Å². The lowest BCUT2D eigenvalue weighted by Gasteiger charge is -2.31. The van der Waals surface area contributed by atoms with Crippen LogP contribution in [0.4, 0.5) is 0 Å². The molecule has 1 fully saturated rings. The molecule has 0 bridgehead atoms. The molecule has 2 aromatic carbocycles. The number of nitrogen functional groups attached to an aromatic ring is 1. The molecule has 0 aliphatic carbocycles. The Hall–Kier alpha value is -2.39. The van der Waals surface area contributed by atoms with E-state index in [-0.39, 0.29) is 11.7 Å². The molecule has 1 amide bonds. The van der Waals surface area contributed by atoms with Crippen molar-refractivity contribution in [2.75, 3.05) is 32.7 Å². The highest BCUT2D eigenvalue weighted by Crippen LogP contribution is 2.20. The van der Waals surface area contributed by atoms with Crippen molar-refractivity contribution in [1.82, 2.24) is 9.62 Å². The first-order chi connectivity index (χ1) is 16.9. The summed E-state index contributed by atoms with van der Waals surface area (Å²) in [5.41, 5.74) is 19.7. The van der Waals surface area contributed by atoms with Gasteiger partial charge in [0, 0.05) is 23.5 Å². The van der Waals surface area contributed by atoms with Gasteiger partial charge < -0.3 is 22.1 Å². The van der Waals surface area contributed by atoms with E-state index in [0.29, 0.717) is 12.5 Å². The summed E-state index contributed by atoms with van der Waals surface area (Å²) in [6.07, 6.45) is 6.49. The third-order valence-electron chi connectivity index (χ3n) is 6.10. The molecule has 0 aromatic heterocycles. The van der Waals surface area contributed by atoms with E-state index < -0.39 is 0 Å². The number of rotatable bonds is 11. The van der Waals surface area contributed by atoms with Gasteiger partial charge in [-0.15, -0.1) is 0 Å². The van der Waals surface area contributed by atoms with Crippen molar-refractivity contribution >= 4 is 23.7 Å². The van der Waals surface area contributed by atoms with Crippen LogP contribution in [-0.4, -0.2) is 49.4 Å². The first kappa shape index (κ1) is 28.8. The topological polar surface area (TPSA) is 134 Å². The summed E-state index contributed by atoms with van der Waals surface area (Å²) in [5, 5.41) is 7.11. The van der Waals surface area contributed by atoms with E-state index in [4.69, 9.17) is 22.6 Å². The molecule has 0 radical (unpaired) electrons. The molecule has 3 rings (SSSR count). The van der Waals surface area contributed by atoms with Gasteiger partial charge in [0.1, 0.15) is 5.84 Å². The number of hydrogen-bond acceptors (Lipinski definition) is 6. The molecule has 0 spiro atoms. The standard InChI is InChI=1S/C19H32N4OS.C8H10N2/c20-10-2-1-4-17-5-3-6-18(14-17)25-22-15-19(24)23-12-8-16(7-11-21)9-13-23;1-6-3-2-4-7(5-6)8(9)10/h3,5-6,14,16,22H,1-2,4,7-13,15,20-21H2;2-5H,1H3,(H3,9,10). The van der Waals surface area contributed by atoms with Crippen LogP contribution in [0.3, 0.4) is 0 Å². The lowest BCUT2D eigenvalue weighted by molar-refractivity contribution is -0.131. The molecule has 192 valence electrons. The molecule has 1 aliphatic heterocycles. The molecule has 8 heteroatoms. The number of hydrogen-bond donors (Lipinski definition) is 5. The van der Waals surface area contributed by atoms with Crippen LogP contribution in [0, 0.1) is 18.3 Å². The van der Waals surface area contributed by atoms with Crippen molar-refractivity contribution in [3.8, 4) is 0 Å². The van der Waals surface area contributed by atoms with Crippen LogP contribution in [0.15, 0.2) is 53.4 Å². The van der Waals surface area contributed by atoms with Gasteiger partial charge in [0.25, 0.3) is 0 Å². The molecule has 7 nitrogen and oxygen atoms in total. The number of aryl methyl sites for hydroxylation is 2. The largest absolute Gasteiger partial charge is 0.384 e. The third-order valence-corrected chi connectivity index (χ3v) is 6.88. The Kier molecular flexibility index (Phi) is 13.4. The van der Waals surface area contributed by atoms with Crippen LogP contribution in [0.1, 0.15) is 48.8 Å². The maximum absolute atomic E-state index is 12.3. The highest BCUT2D eigenvalue weighted by atomic mass is 32.2. The molecule has 2 aromatic rings. The molecule has 8 N–H and O–H groups in total. The summed E-state index contributed by atoms with van der Waals surface area (Å²) in [4.78, 5) is 15.4. The quantitative estimate of drug-likeness (QED) is 0.139. The van der Waals surface area contributed by atoms with Crippen molar-refractivity contribution in [1.29, 1.82) is 5.41 Å². The number of nitrogens with one attached hydrogen (secondary N) is 2. The number of piperidine rings is 1. The van der Waals surface area contributed by atoms with Crippen LogP contribution in [0.2, 0.25) is 0 Å². The Balaban J connectivity index is 0.000000360. The van der Waals surface area contributed by atoms with Crippen molar-refractivity contribution in [2.45, 2.75) is 50.3 Å². The smallest absolute Gasteiger partial charge is 0.237 e. The second-order valence-corrected chi connectivity index (χ2v) is 9.97. The maximum Gasteiger partial charge on any atom is 0.237 e. The fourth-order valence-electron chi connectivity index (χ4n) is 4.05. The molecule has 0 atom stereocenters. The van der Waals surface area contributed by atoms with Gasteiger partial charge in [-0.2, -0.15) is 0 Å². The highest BCUT2D eigenvalue weighted by molar-refractivity contribution is 7.97. The molecule has 0 saturated carbocycles. The number of likely N-dealkylation sites (tertiary alicyclic amines) is 1. The van der Waals surface area contributed by atoms with Crippen LogP contribution in [0.25, 0.3) is 0 Å². The summed E-state index contributed by atoms with van der Waals surface area (Å²) in [7, 11) is 0. The maximum atomic E-state index is 12.3. The minimum absolute atomic E-state index is 0.128. The number of carbonyl (C=O) groups is 1. The average Bonchev–Trinajstić information content (AvgIpc) is 2.85. The van der Waals surface area contributed by atoms with E-state index >= 15 is 0 Å². The van der Waals surface area contributed by atoms with Gasteiger partial charge >= 0.3 is 0 Å². The minimum atomic E-state index is 0.128. The SMILES string of the molecule is Cc1cccc(C(=N)N)c1.NCCCCc1cccc(SNCC(=O)N2CCC(CCN)CC2)c1. The number of amidine groups is 1. The Morgan fingerprint density at radius 1 is 1.09 bits per heavy atom. The number of unbranched alkanes of at least 4 members (excludes halogenated alkanes) is 1. The zero-order valence-electron chi connectivity index (χ0n) is 21.0. The number of nitrogens with two attached hydrogens (primary N) is 3. The van der Waals surface area contributed by atoms with E-state index in [1.165, 1.54) is 17.5 Å². The Morgan fingerprint density at radius 2 is 1.83 bits per heavy atom. The second kappa shape index (κ2) is 16.3. The lowest BCUT2D eigenvalue weighted by atomic mass is 9.93. The fraction of sp³-hybridized carbons (Fsp3) is 0.481. The van der Waals surface area contributed by atoms with Gasteiger partial charge in [0.2, 0.25) is 5.91 Å². The minimum Gasteiger partial charge on any atom is -0.384 e. The molecule has 0 unspecified atom stereocenters. The van der Waals surface area contributed by atoms with E-state index in [1.807, 2.05) is 36.1 Å². The van der Waals surface area contributed by atoms with Crippen LogP contribution >= 0.6 is 11.9 Å². The first-order valence-corrected chi connectivity index (χ1v) is 13.3. The number of amides is 1. The van der Waals surface area contributed by atoms with Gasteiger partial charge in [-0.3, -0.25) is 14.9 Å². The molecule has 1 saturated heterocycles. The molecule has 35 heavy (non-hydrogen) atoms. The van der Waals surface area contributed by atoms with Crippen LogP contribution in [0.5, 0.6) is 0 Å². The Bertz CT molecular complexity index is 914. The van der Waals surface area contributed by atoms with Gasteiger partial charge in [-0.25, -0.2) is 0 Å². The highest BCUT2D eigenvalue weighted by Gasteiger charge is 2.21. The van der Waals surface area contributed by atoms with Crippen LogP contribution in [-0.2, 0) is 11.2 Å². The van der Waals surface area contributed by atoms with Crippen molar-refractivity contribution in [3.63, 3.8) is 0 Å². The van der Waals surface area contributed by atoms with E-state index in [0.717, 1.165) is 80.7 Å². The number of benzene rings is 2. The molecular weight excluding hydrogens is 456 g/mol. The summed E-state index contributed by atoms with van der Waals surface area (Å²) < 4.78 is 3.22. The van der Waals surface area contributed by atoms with Crippen molar-refractivity contribution < 1.29 is 4.79 Å². The van der Waals surface area contributed by atoms with E-state index in [2.05, 4.69) is 29.0 Å². The predicted molar refractivity (Wildman–Crippen MR) is 147 cm³/mol. The van der Waals surface area contributed by atoms with Crippen molar-refractivity contribution in [2.24, 2.45) is 23.1 Å². The average molecular weight is 499 g/mol. The number of nitrogens with zero attached hydrogens (tertiary/aromatic N) is 1. The number of carbonyl (C=O) groups excluding carboxylic acids is 1.